The van der Waals surface area contributed by atoms with Crippen molar-refractivity contribution in [2.45, 2.75) is 25.8 Å². The molecule has 5 nitrogen and oxygen atoms in total. The van der Waals surface area contributed by atoms with Crippen LogP contribution in [-0.4, -0.2) is 50.3 Å². The number of hydrogen-bond acceptors (Lipinski definition) is 3. The Morgan fingerprint density at radius 1 is 1.57 bits per heavy atom. The summed E-state index contributed by atoms with van der Waals surface area (Å²) in [6, 6.07) is 0.336. The molecule has 0 amide bonds. The fraction of sp³-hybridized carbons (Fsp3) is 1.00. The number of likely N-dealkylation sites (tertiary alicyclic amines) is 1. The molecule has 0 saturated carbocycles. The average Bonchev–Trinajstić information content (AvgIpc) is 2.50. The van der Waals surface area contributed by atoms with Crippen LogP contribution in [0.5, 0.6) is 0 Å². The van der Waals surface area contributed by atoms with Gasteiger partial charge in [0.2, 0.25) is 0 Å². The van der Waals surface area contributed by atoms with Crippen LogP contribution in [0.1, 0.15) is 19.8 Å². The van der Waals surface area contributed by atoms with Crippen LogP contribution in [0.4, 0.5) is 0 Å². The largest absolute Gasteiger partial charge is 0.299 e. The lowest BCUT2D eigenvalue weighted by Crippen LogP contribution is -2.43. The number of likely N-dealkylation sites (N-methyl/N-ethyl adjacent to an activating group) is 2. The first-order chi connectivity index (χ1) is 6.45. The van der Waals surface area contributed by atoms with Crippen molar-refractivity contribution in [1.82, 2.24) is 9.21 Å². The summed E-state index contributed by atoms with van der Waals surface area (Å²) in [5.41, 5.74) is 0. The molecular formula is C8H19N3O2S. The molecule has 0 aromatic rings. The molecule has 0 radical (unpaired) electrons. The number of hydrogen-bond donors (Lipinski definition) is 1. The zero-order valence-corrected chi connectivity index (χ0v) is 9.63. The summed E-state index contributed by atoms with van der Waals surface area (Å²) in [5, 5.41) is 5.02. The van der Waals surface area contributed by atoms with Gasteiger partial charge in [0.15, 0.2) is 0 Å². The van der Waals surface area contributed by atoms with Crippen LogP contribution in [0, 0.1) is 0 Å². The van der Waals surface area contributed by atoms with Crippen LogP contribution in [0.15, 0.2) is 0 Å². The Kier molecular flexibility index (Phi) is 3.88. The van der Waals surface area contributed by atoms with Crippen molar-refractivity contribution in [3.8, 4) is 0 Å². The molecule has 1 aliphatic heterocycles. The topological polar surface area (TPSA) is 66.6 Å². The van der Waals surface area contributed by atoms with Crippen LogP contribution in [0.2, 0.25) is 0 Å². The van der Waals surface area contributed by atoms with Gasteiger partial charge in [0, 0.05) is 19.6 Å². The lowest BCUT2D eigenvalue weighted by molar-refractivity contribution is 0.238. The molecule has 1 heterocycles. The van der Waals surface area contributed by atoms with Crippen LogP contribution < -0.4 is 5.14 Å². The quantitative estimate of drug-likeness (QED) is 0.703. The molecule has 0 aliphatic carbocycles. The van der Waals surface area contributed by atoms with E-state index in [1.807, 2.05) is 0 Å². The summed E-state index contributed by atoms with van der Waals surface area (Å²) in [6.07, 6.45) is 2.21. The zero-order valence-electron chi connectivity index (χ0n) is 8.81. The highest BCUT2D eigenvalue weighted by molar-refractivity contribution is 7.86. The number of rotatable bonds is 4. The van der Waals surface area contributed by atoms with Crippen molar-refractivity contribution in [2.75, 3.05) is 26.7 Å². The van der Waals surface area contributed by atoms with Gasteiger partial charge in [0.1, 0.15) is 0 Å². The van der Waals surface area contributed by atoms with Gasteiger partial charge in [-0.2, -0.15) is 12.7 Å². The normalized spacial score (nSPS) is 24.7. The van der Waals surface area contributed by atoms with Gasteiger partial charge in [-0.1, -0.05) is 6.92 Å². The van der Waals surface area contributed by atoms with Crippen LogP contribution in [-0.2, 0) is 10.2 Å². The molecule has 1 unspecified atom stereocenters. The van der Waals surface area contributed by atoms with E-state index in [0.29, 0.717) is 12.6 Å². The highest BCUT2D eigenvalue weighted by Gasteiger charge is 2.26. The molecular weight excluding hydrogens is 202 g/mol. The van der Waals surface area contributed by atoms with E-state index in [0.717, 1.165) is 25.9 Å². The second-order valence-corrected chi connectivity index (χ2v) is 5.40. The monoisotopic (exact) mass is 221 g/mol. The maximum Gasteiger partial charge on any atom is 0.276 e. The van der Waals surface area contributed by atoms with E-state index in [4.69, 9.17) is 5.14 Å². The maximum absolute atomic E-state index is 11.0. The lowest BCUT2D eigenvalue weighted by Gasteiger charge is -2.26. The number of nitrogens with two attached hydrogens (primary N) is 1. The van der Waals surface area contributed by atoms with Crippen molar-refractivity contribution >= 4 is 10.2 Å². The van der Waals surface area contributed by atoms with E-state index in [2.05, 4.69) is 11.8 Å². The first kappa shape index (κ1) is 11.9. The summed E-state index contributed by atoms with van der Waals surface area (Å²) >= 11 is 0. The van der Waals surface area contributed by atoms with Crippen molar-refractivity contribution < 1.29 is 8.42 Å². The van der Waals surface area contributed by atoms with Crippen molar-refractivity contribution in [1.29, 1.82) is 0 Å². The molecule has 14 heavy (non-hydrogen) atoms. The van der Waals surface area contributed by atoms with E-state index in [1.54, 1.807) is 0 Å². The predicted octanol–water partition coefficient (Wildman–Crippen LogP) is -0.394. The van der Waals surface area contributed by atoms with Crippen molar-refractivity contribution in [3.63, 3.8) is 0 Å². The molecule has 6 heteroatoms. The Morgan fingerprint density at radius 2 is 2.21 bits per heavy atom. The second-order valence-electron chi connectivity index (χ2n) is 3.75. The van der Waals surface area contributed by atoms with Crippen molar-refractivity contribution in [2.24, 2.45) is 5.14 Å². The Balaban J connectivity index is 2.52. The molecule has 0 aromatic heterocycles. The molecule has 0 bridgehead atoms. The first-order valence-electron chi connectivity index (χ1n) is 4.93. The third-order valence-corrected chi connectivity index (χ3v) is 3.83. The first-order valence-corrected chi connectivity index (χ1v) is 6.43. The second kappa shape index (κ2) is 4.57. The molecule has 1 aliphatic rings. The van der Waals surface area contributed by atoms with Gasteiger partial charge >= 0.3 is 0 Å². The summed E-state index contributed by atoms with van der Waals surface area (Å²) in [7, 11) is -1.99. The summed E-state index contributed by atoms with van der Waals surface area (Å²) in [6.45, 7) is 4.64. The molecule has 1 atom stereocenters. The minimum Gasteiger partial charge on any atom is -0.299 e. The standard InChI is InChI=1S/C8H19N3O2S/c1-3-11-6-4-5-8(11)7-10(2)14(9,12)13/h8H,3-7H2,1-2H3,(H2,9,12,13). The van der Waals surface area contributed by atoms with E-state index in [1.165, 1.54) is 11.4 Å². The average molecular weight is 221 g/mol. The van der Waals surface area contributed by atoms with Gasteiger partial charge in [-0.3, -0.25) is 4.90 Å². The predicted molar refractivity (Wildman–Crippen MR) is 56.0 cm³/mol. The molecule has 0 spiro atoms. The maximum atomic E-state index is 11.0. The molecule has 1 fully saturated rings. The molecule has 84 valence electrons. The van der Waals surface area contributed by atoms with Crippen LogP contribution in [0.3, 0.4) is 0 Å². The Bertz CT molecular complexity index is 278. The summed E-state index contributed by atoms with van der Waals surface area (Å²) < 4.78 is 23.2. The lowest BCUT2D eigenvalue weighted by atomic mass is 10.2. The van der Waals surface area contributed by atoms with Crippen LogP contribution >= 0.6 is 0 Å². The van der Waals surface area contributed by atoms with Crippen LogP contribution in [0.25, 0.3) is 0 Å². The smallest absolute Gasteiger partial charge is 0.276 e. The van der Waals surface area contributed by atoms with Crippen molar-refractivity contribution in [3.05, 3.63) is 0 Å². The highest BCUT2D eigenvalue weighted by atomic mass is 32.2. The van der Waals surface area contributed by atoms with E-state index in [-0.39, 0.29) is 0 Å². The SMILES string of the molecule is CCN1CCCC1CN(C)S(N)(=O)=O. The Hall–Kier alpha value is -0.170. The van der Waals surface area contributed by atoms with Gasteiger partial charge in [0.05, 0.1) is 0 Å². The minimum absolute atomic E-state index is 0.336. The van der Waals surface area contributed by atoms with Gasteiger partial charge in [-0.15, -0.1) is 0 Å². The van der Waals surface area contributed by atoms with Gasteiger partial charge in [-0.05, 0) is 25.9 Å². The summed E-state index contributed by atoms with van der Waals surface area (Å²) in [4.78, 5) is 2.29. The zero-order chi connectivity index (χ0) is 10.8. The molecule has 0 aromatic carbocycles. The summed E-state index contributed by atoms with van der Waals surface area (Å²) in [5.74, 6) is 0. The third kappa shape index (κ3) is 2.91. The van der Waals surface area contributed by atoms with Gasteiger partial charge < -0.3 is 0 Å². The molecule has 2 N–H and O–H groups in total. The van der Waals surface area contributed by atoms with Gasteiger partial charge in [-0.25, -0.2) is 5.14 Å². The fourth-order valence-corrected chi connectivity index (χ4v) is 2.30. The molecule has 1 rings (SSSR count). The minimum atomic E-state index is -3.52. The Labute approximate surface area is 86.0 Å². The fourth-order valence-electron chi connectivity index (χ4n) is 1.92. The van der Waals surface area contributed by atoms with E-state index >= 15 is 0 Å². The molecule has 1 saturated heterocycles. The highest BCUT2D eigenvalue weighted by Crippen LogP contribution is 2.17. The van der Waals surface area contributed by atoms with E-state index in [9.17, 15) is 8.42 Å². The van der Waals surface area contributed by atoms with Gasteiger partial charge in [0.25, 0.3) is 10.2 Å². The third-order valence-electron chi connectivity index (χ3n) is 2.81. The number of nitrogens with zero attached hydrogens (tertiary/aromatic N) is 2. The Morgan fingerprint density at radius 3 is 2.71 bits per heavy atom. The van der Waals surface area contributed by atoms with E-state index < -0.39 is 10.2 Å².